The summed E-state index contributed by atoms with van der Waals surface area (Å²) in [5.74, 6) is -6.50. The van der Waals surface area contributed by atoms with Gasteiger partial charge in [0.1, 0.15) is 42.9 Å². The lowest BCUT2D eigenvalue weighted by molar-refractivity contribution is -0.143. The predicted molar refractivity (Wildman–Crippen MR) is 224 cm³/mol. The molecular weight excluding hydrogens is 775 g/mol. The first-order chi connectivity index (χ1) is 28.4. The fourth-order valence-electron chi connectivity index (χ4n) is 6.90. The second-order valence-corrected chi connectivity index (χ2v) is 16.0. The smallest absolute Gasteiger partial charge is 0.407 e. The molecular formula is C43H63N7O10. The van der Waals surface area contributed by atoms with Crippen LogP contribution in [0.1, 0.15) is 91.2 Å². The number of ether oxygens (including phenoxy) is 1. The molecule has 2 aromatic rings. The molecule has 0 unspecified atom stereocenters. The largest absolute Gasteiger partial charge is 0.480 e. The van der Waals surface area contributed by atoms with Crippen LogP contribution in [0.25, 0.3) is 11.1 Å². The number of alkyl carbamates (subject to hydrolysis) is 1. The van der Waals surface area contributed by atoms with E-state index in [4.69, 9.17) is 10.5 Å². The lowest BCUT2D eigenvalue weighted by Gasteiger charge is -2.29. The maximum atomic E-state index is 13.9. The van der Waals surface area contributed by atoms with Gasteiger partial charge in [0.25, 0.3) is 0 Å². The Balaban J connectivity index is 1.68. The number of aliphatic hydroxyl groups is 1. The Morgan fingerprint density at radius 3 is 1.68 bits per heavy atom. The van der Waals surface area contributed by atoms with Gasteiger partial charge in [-0.3, -0.25) is 24.0 Å². The second kappa shape index (κ2) is 23.3. The van der Waals surface area contributed by atoms with Gasteiger partial charge >= 0.3 is 12.1 Å². The van der Waals surface area contributed by atoms with Gasteiger partial charge in [-0.15, -0.1) is 0 Å². The number of nitrogens with one attached hydrogen (secondary N) is 6. The first kappa shape index (κ1) is 48.8. The van der Waals surface area contributed by atoms with Gasteiger partial charge in [-0.05, 0) is 72.7 Å². The summed E-state index contributed by atoms with van der Waals surface area (Å²) in [4.78, 5) is 91.9. The number of carboxylic acid groups (broad SMARTS) is 1. The third-order valence-electron chi connectivity index (χ3n) is 10.7. The first-order valence-electron chi connectivity index (χ1n) is 20.6. The van der Waals surface area contributed by atoms with Gasteiger partial charge < -0.3 is 52.6 Å². The molecule has 1 aliphatic carbocycles. The minimum Gasteiger partial charge on any atom is -0.480 e. The van der Waals surface area contributed by atoms with Gasteiger partial charge in [0.2, 0.25) is 29.5 Å². The van der Waals surface area contributed by atoms with Gasteiger partial charge in [0.05, 0.1) is 6.61 Å². The summed E-state index contributed by atoms with van der Waals surface area (Å²) in [5, 5.41) is 35.0. The summed E-state index contributed by atoms with van der Waals surface area (Å²) in [6, 6.07) is 8.32. The molecule has 3 rings (SSSR count). The SMILES string of the molecule is CC[C@H](C)[C@H](NC(=O)[C@H](CO)NC(=O)OCC1c2ccccc2-c2ccccc21)C(=O)N[C@@H](CCCCN)C(=O)N[C@H](C(=O)N[C@@H](C)C(=O)N[C@H](C(=O)O)C(C)C)C(C)C. The molecule has 2 aromatic carbocycles. The number of aliphatic carboxylic acids is 1. The first-order valence-corrected chi connectivity index (χ1v) is 20.6. The number of carboxylic acids is 1. The van der Waals surface area contributed by atoms with Crippen LogP contribution in [0.2, 0.25) is 0 Å². The number of nitrogens with two attached hydrogens (primary N) is 1. The van der Waals surface area contributed by atoms with Crippen molar-refractivity contribution in [3.05, 3.63) is 59.7 Å². The molecule has 60 heavy (non-hydrogen) atoms. The van der Waals surface area contributed by atoms with Crippen molar-refractivity contribution in [2.75, 3.05) is 19.8 Å². The van der Waals surface area contributed by atoms with Crippen LogP contribution < -0.4 is 37.6 Å². The van der Waals surface area contributed by atoms with E-state index < -0.39 is 102 Å². The summed E-state index contributed by atoms with van der Waals surface area (Å²) < 4.78 is 5.56. The number of unbranched alkanes of at least 4 members (excludes halogenated alkanes) is 1. The highest BCUT2D eigenvalue weighted by atomic mass is 16.5. The fourth-order valence-corrected chi connectivity index (χ4v) is 6.90. The normalized spacial score (nSPS) is 15.5. The summed E-state index contributed by atoms with van der Waals surface area (Å²) in [6.45, 7) is 11.0. The minimum atomic E-state index is -1.47. The molecule has 0 aromatic heterocycles. The van der Waals surface area contributed by atoms with Crippen molar-refractivity contribution in [1.29, 1.82) is 0 Å². The third kappa shape index (κ3) is 13.2. The zero-order chi connectivity index (χ0) is 44.7. The highest BCUT2D eigenvalue weighted by Crippen LogP contribution is 2.44. The van der Waals surface area contributed by atoms with Crippen LogP contribution >= 0.6 is 0 Å². The van der Waals surface area contributed by atoms with Gasteiger partial charge in [0.15, 0.2) is 0 Å². The van der Waals surface area contributed by atoms with Crippen molar-refractivity contribution in [2.24, 2.45) is 23.5 Å². The molecule has 7 atom stereocenters. The Hall–Kier alpha value is -5.55. The highest BCUT2D eigenvalue weighted by Gasteiger charge is 2.36. The van der Waals surface area contributed by atoms with Crippen molar-refractivity contribution in [2.45, 2.75) is 116 Å². The van der Waals surface area contributed by atoms with Crippen LogP contribution in [-0.4, -0.2) is 108 Å². The Kier molecular flexibility index (Phi) is 19.0. The third-order valence-corrected chi connectivity index (χ3v) is 10.7. The summed E-state index contributed by atoms with van der Waals surface area (Å²) in [6.07, 6.45) is 0.584. The van der Waals surface area contributed by atoms with Crippen LogP contribution in [0.15, 0.2) is 48.5 Å². The van der Waals surface area contributed by atoms with Crippen LogP contribution in [-0.2, 0) is 33.5 Å². The zero-order valence-electron chi connectivity index (χ0n) is 35.6. The van der Waals surface area contributed by atoms with E-state index in [0.29, 0.717) is 25.8 Å². The number of amides is 6. The summed E-state index contributed by atoms with van der Waals surface area (Å²) in [5.41, 5.74) is 9.78. The van der Waals surface area contributed by atoms with Crippen LogP contribution in [0.4, 0.5) is 4.79 Å². The lowest BCUT2D eigenvalue weighted by Crippen LogP contribution is -2.61. The number of rotatable bonds is 23. The molecule has 17 heteroatoms. The summed E-state index contributed by atoms with van der Waals surface area (Å²) >= 11 is 0. The monoisotopic (exact) mass is 837 g/mol. The molecule has 0 aliphatic heterocycles. The van der Waals surface area contributed by atoms with E-state index in [2.05, 4.69) is 31.9 Å². The highest BCUT2D eigenvalue weighted by molar-refractivity contribution is 5.96. The number of hydrogen-bond acceptors (Lipinski definition) is 10. The lowest BCUT2D eigenvalue weighted by atomic mass is 9.96. The van der Waals surface area contributed by atoms with Gasteiger partial charge in [-0.25, -0.2) is 9.59 Å². The maximum absolute atomic E-state index is 13.9. The molecule has 17 nitrogen and oxygen atoms in total. The maximum Gasteiger partial charge on any atom is 0.407 e. The number of hydrogen-bond donors (Lipinski definition) is 9. The van der Waals surface area contributed by atoms with Crippen LogP contribution in [0, 0.1) is 17.8 Å². The predicted octanol–water partition coefficient (Wildman–Crippen LogP) is 1.90. The average Bonchev–Trinajstić information content (AvgIpc) is 3.53. The van der Waals surface area contributed by atoms with Crippen molar-refractivity contribution in [3.63, 3.8) is 0 Å². The number of carbonyl (C=O) groups is 7. The molecule has 6 amide bonds. The van der Waals surface area contributed by atoms with Gasteiger partial charge in [-0.2, -0.15) is 0 Å². The van der Waals surface area contributed by atoms with E-state index in [1.54, 1.807) is 41.5 Å². The molecule has 10 N–H and O–H groups in total. The molecule has 0 radical (unpaired) electrons. The Morgan fingerprint density at radius 2 is 1.17 bits per heavy atom. The van der Waals surface area contributed by atoms with E-state index >= 15 is 0 Å². The number of carbonyl (C=O) groups excluding carboxylic acids is 6. The van der Waals surface area contributed by atoms with Gasteiger partial charge in [0, 0.05) is 5.92 Å². The van der Waals surface area contributed by atoms with Crippen LogP contribution in [0.3, 0.4) is 0 Å². The Morgan fingerprint density at radius 1 is 0.650 bits per heavy atom. The molecule has 0 saturated heterocycles. The molecule has 0 heterocycles. The molecule has 1 aliphatic rings. The summed E-state index contributed by atoms with van der Waals surface area (Å²) in [7, 11) is 0. The molecule has 0 fully saturated rings. The van der Waals surface area contributed by atoms with Crippen molar-refractivity contribution >= 4 is 41.6 Å². The van der Waals surface area contributed by atoms with Gasteiger partial charge in [-0.1, -0.05) is 96.5 Å². The molecule has 0 bridgehead atoms. The van der Waals surface area contributed by atoms with E-state index in [1.165, 1.54) is 6.92 Å². The molecule has 0 saturated carbocycles. The number of fused-ring (bicyclic) bond motifs is 3. The standard InChI is InChI=1S/C43H63N7O10/c1-8-25(6)36(50-39(54)33(21-51)47-43(59)60-22-31-29-17-11-9-15-27(29)28-16-10-12-18-30(28)31)41(56)46-32(19-13-14-20-44)38(53)48-34(23(2)3)40(55)45-26(7)37(52)49-35(24(4)5)42(57)58/h9-12,15-18,23-26,31-36,51H,8,13-14,19-22,44H2,1-7H3,(H,45,55)(H,46,56)(H,47,59)(H,48,53)(H,49,52)(H,50,54)(H,57,58)/t25-,26-,32-,33-,34-,35-,36-/m0/s1. The van der Waals surface area contributed by atoms with Crippen molar-refractivity contribution in [1.82, 2.24) is 31.9 Å². The molecule has 0 spiro atoms. The topological polar surface area (TPSA) is 267 Å². The quantitative estimate of drug-likeness (QED) is 0.0730. The van der Waals surface area contributed by atoms with E-state index in [1.807, 2.05) is 48.5 Å². The Labute approximate surface area is 351 Å². The zero-order valence-corrected chi connectivity index (χ0v) is 35.6. The minimum absolute atomic E-state index is 0.0235. The van der Waals surface area contributed by atoms with Crippen molar-refractivity contribution < 1.29 is 48.5 Å². The van der Waals surface area contributed by atoms with Crippen LogP contribution in [0.5, 0.6) is 0 Å². The van der Waals surface area contributed by atoms with E-state index in [0.717, 1.165) is 22.3 Å². The Bertz CT molecular complexity index is 1780. The molecule has 330 valence electrons. The number of benzene rings is 2. The van der Waals surface area contributed by atoms with E-state index in [-0.39, 0.29) is 18.9 Å². The van der Waals surface area contributed by atoms with Crippen molar-refractivity contribution in [3.8, 4) is 11.1 Å². The fraction of sp³-hybridized carbons (Fsp3) is 0.558. The average molecular weight is 838 g/mol. The number of aliphatic hydroxyl groups excluding tert-OH is 1. The van der Waals surface area contributed by atoms with E-state index in [9.17, 15) is 43.8 Å². The second-order valence-electron chi connectivity index (χ2n) is 16.0.